The molecule has 3 N–H and O–H groups in total. The maximum atomic E-state index is 9.48. The molecule has 3 rings (SSSR count). The summed E-state index contributed by atoms with van der Waals surface area (Å²) < 4.78 is 0. The standard InChI is InChI=1S/C20H33ClN4O/c1-15(2)12-25-9-8-24(14-19(25)7-10-26)13-17-11-22-23-20(17)16-3-5-18(21)6-4-16/h3-6,15,17,19-20,22-23,26H,7-14H2,1-2H3. The molecule has 2 aliphatic heterocycles. The lowest BCUT2D eigenvalue weighted by Gasteiger charge is -2.43. The maximum Gasteiger partial charge on any atom is 0.0515 e. The summed E-state index contributed by atoms with van der Waals surface area (Å²) in [6, 6.07) is 8.96. The van der Waals surface area contributed by atoms with Gasteiger partial charge in [0.05, 0.1) is 6.04 Å². The number of hydrazine groups is 1. The van der Waals surface area contributed by atoms with Gasteiger partial charge in [0.15, 0.2) is 0 Å². The minimum Gasteiger partial charge on any atom is -0.396 e. The Bertz CT molecular complexity index is 553. The average Bonchev–Trinajstić information content (AvgIpc) is 3.06. The van der Waals surface area contributed by atoms with Gasteiger partial charge >= 0.3 is 0 Å². The van der Waals surface area contributed by atoms with Crippen LogP contribution >= 0.6 is 11.6 Å². The topological polar surface area (TPSA) is 50.8 Å². The van der Waals surface area contributed by atoms with E-state index in [-0.39, 0.29) is 6.61 Å². The van der Waals surface area contributed by atoms with Crippen LogP contribution in [0.15, 0.2) is 24.3 Å². The van der Waals surface area contributed by atoms with Crippen molar-refractivity contribution in [1.82, 2.24) is 20.7 Å². The van der Waals surface area contributed by atoms with Gasteiger partial charge in [-0.15, -0.1) is 0 Å². The third-order valence-electron chi connectivity index (χ3n) is 5.57. The second-order valence-electron chi connectivity index (χ2n) is 8.13. The molecule has 0 saturated carbocycles. The van der Waals surface area contributed by atoms with Crippen LogP contribution in [0.4, 0.5) is 0 Å². The maximum absolute atomic E-state index is 9.48. The zero-order chi connectivity index (χ0) is 18.5. The van der Waals surface area contributed by atoms with Gasteiger partial charge in [0, 0.05) is 62.9 Å². The summed E-state index contributed by atoms with van der Waals surface area (Å²) >= 11 is 6.04. The molecule has 2 heterocycles. The number of piperazine rings is 1. The Kier molecular flexibility index (Phi) is 7.32. The van der Waals surface area contributed by atoms with E-state index in [1.165, 1.54) is 5.56 Å². The lowest BCUT2D eigenvalue weighted by molar-refractivity contribution is 0.0436. The molecule has 0 amide bonds. The Hall–Kier alpha value is -0.690. The minimum absolute atomic E-state index is 0.271. The minimum atomic E-state index is 0.271. The summed E-state index contributed by atoms with van der Waals surface area (Å²) in [4.78, 5) is 5.15. The largest absolute Gasteiger partial charge is 0.396 e. The van der Waals surface area contributed by atoms with E-state index in [1.54, 1.807) is 0 Å². The summed E-state index contributed by atoms with van der Waals surface area (Å²) in [7, 11) is 0. The number of hydrogen-bond acceptors (Lipinski definition) is 5. The smallest absolute Gasteiger partial charge is 0.0515 e. The molecule has 2 aliphatic rings. The fraction of sp³-hybridized carbons (Fsp3) is 0.700. The fourth-order valence-corrected chi connectivity index (χ4v) is 4.44. The van der Waals surface area contributed by atoms with Gasteiger partial charge in [-0.1, -0.05) is 37.6 Å². The predicted molar refractivity (Wildman–Crippen MR) is 107 cm³/mol. The number of aliphatic hydroxyl groups is 1. The van der Waals surface area contributed by atoms with E-state index in [9.17, 15) is 5.11 Å². The van der Waals surface area contributed by atoms with Gasteiger partial charge in [-0.25, -0.2) is 5.43 Å². The first-order valence-corrected chi connectivity index (χ1v) is 10.3. The van der Waals surface area contributed by atoms with Gasteiger partial charge in [0.2, 0.25) is 0 Å². The first-order valence-electron chi connectivity index (χ1n) is 9.88. The van der Waals surface area contributed by atoms with E-state index < -0.39 is 0 Å². The highest BCUT2D eigenvalue weighted by atomic mass is 35.5. The van der Waals surface area contributed by atoms with Gasteiger partial charge in [-0.3, -0.25) is 10.3 Å². The molecule has 26 heavy (non-hydrogen) atoms. The van der Waals surface area contributed by atoms with E-state index in [4.69, 9.17) is 11.6 Å². The molecule has 0 aromatic heterocycles. The number of hydrogen-bond donors (Lipinski definition) is 3. The van der Waals surface area contributed by atoms with E-state index in [1.807, 2.05) is 12.1 Å². The van der Waals surface area contributed by atoms with Crippen LogP contribution in [-0.2, 0) is 0 Å². The van der Waals surface area contributed by atoms with E-state index in [2.05, 4.69) is 46.6 Å². The average molecular weight is 381 g/mol. The van der Waals surface area contributed by atoms with Gasteiger partial charge in [-0.2, -0.15) is 0 Å². The Morgan fingerprint density at radius 3 is 2.69 bits per heavy atom. The quantitative estimate of drug-likeness (QED) is 0.676. The number of nitrogens with zero attached hydrogens (tertiary/aromatic N) is 2. The number of rotatable bonds is 7. The van der Waals surface area contributed by atoms with Crippen LogP contribution in [0, 0.1) is 11.8 Å². The van der Waals surface area contributed by atoms with E-state index in [0.29, 0.717) is 23.9 Å². The summed E-state index contributed by atoms with van der Waals surface area (Å²) in [6.45, 7) is 11.3. The number of aliphatic hydroxyl groups excluding tert-OH is 1. The van der Waals surface area contributed by atoms with Crippen LogP contribution in [-0.4, -0.2) is 66.8 Å². The molecule has 2 fully saturated rings. The highest BCUT2D eigenvalue weighted by molar-refractivity contribution is 6.30. The molecule has 1 aromatic rings. The molecule has 2 saturated heterocycles. The van der Waals surface area contributed by atoms with Crippen molar-refractivity contribution in [2.24, 2.45) is 11.8 Å². The van der Waals surface area contributed by atoms with Crippen molar-refractivity contribution in [3.63, 3.8) is 0 Å². The third-order valence-corrected chi connectivity index (χ3v) is 5.82. The Morgan fingerprint density at radius 1 is 1.23 bits per heavy atom. The normalized spacial score (nSPS) is 28.1. The molecule has 3 unspecified atom stereocenters. The van der Waals surface area contributed by atoms with Crippen molar-refractivity contribution in [2.75, 3.05) is 45.9 Å². The van der Waals surface area contributed by atoms with Crippen LogP contribution in [0.1, 0.15) is 31.9 Å². The highest BCUT2D eigenvalue weighted by Gasteiger charge is 2.33. The zero-order valence-electron chi connectivity index (χ0n) is 16.0. The number of nitrogens with one attached hydrogen (secondary N) is 2. The molecule has 0 radical (unpaired) electrons. The van der Waals surface area contributed by atoms with Gasteiger partial charge in [0.25, 0.3) is 0 Å². The van der Waals surface area contributed by atoms with Crippen LogP contribution in [0.5, 0.6) is 0 Å². The second-order valence-corrected chi connectivity index (χ2v) is 8.57. The van der Waals surface area contributed by atoms with Crippen LogP contribution in [0.3, 0.4) is 0 Å². The van der Waals surface area contributed by atoms with Crippen molar-refractivity contribution in [1.29, 1.82) is 0 Å². The summed E-state index contributed by atoms with van der Waals surface area (Å²) in [6.07, 6.45) is 0.866. The molecule has 146 valence electrons. The molecule has 0 bridgehead atoms. The summed E-state index contributed by atoms with van der Waals surface area (Å²) in [5.74, 6) is 1.20. The lowest BCUT2D eigenvalue weighted by Crippen LogP contribution is -2.55. The molecule has 5 nitrogen and oxygen atoms in total. The third kappa shape index (κ3) is 5.18. The van der Waals surface area contributed by atoms with Crippen molar-refractivity contribution in [3.05, 3.63) is 34.9 Å². The van der Waals surface area contributed by atoms with Crippen molar-refractivity contribution >= 4 is 11.6 Å². The summed E-state index contributed by atoms with van der Waals surface area (Å²) in [5, 5.41) is 10.3. The number of halogens is 1. The second kappa shape index (κ2) is 9.49. The van der Waals surface area contributed by atoms with Gasteiger partial charge < -0.3 is 10.0 Å². The molecule has 3 atom stereocenters. The molecule has 6 heteroatoms. The van der Waals surface area contributed by atoms with Crippen molar-refractivity contribution in [2.45, 2.75) is 32.4 Å². The fourth-order valence-electron chi connectivity index (χ4n) is 4.32. The zero-order valence-corrected chi connectivity index (χ0v) is 16.8. The molecule has 0 aliphatic carbocycles. The molecule has 0 spiro atoms. The van der Waals surface area contributed by atoms with Crippen LogP contribution in [0.2, 0.25) is 5.02 Å². The van der Waals surface area contributed by atoms with Crippen LogP contribution < -0.4 is 10.9 Å². The Labute approximate surface area is 162 Å². The predicted octanol–water partition coefficient (Wildman–Crippen LogP) is 2.13. The molecular weight excluding hydrogens is 348 g/mol. The highest BCUT2D eigenvalue weighted by Crippen LogP contribution is 2.27. The van der Waals surface area contributed by atoms with E-state index >= 15 is 0 Å². The van der Waals surface area contributed by atoms with Crippen molar-refractivity contribution in [3.8, 4) is 0 Å². The Morgan fingerprint density at radius 2 is 2.00 bits per heavy atom. The van der Waals surface area contributed by atoms with Gasteiger partial charge in [-0.05, 0) is 30.0 Å². The first kappa shape index (κ1) is 20.1. The summed E-state index contributed by atoms with van der Waals surface area (Å²) in [5.41, 5.74) is 8.06. The monoisotopic (exact) mass is 380 g/mol. The van der Waals surface area contributed by atoms with Crippen LogP contribution in [0.25, 0.3) is 0 Å². The molecule has 1 aromatic carbocycles. The lowest BCUT2D eigenvalue weighted by atomic mass is 9.93. The van der Waals surface area contributed by atoms with Crippen molar-refractivity contribution < 1.29 is 5.11 Å². The Balaban J connectivity index is 1.60. The SMILES string of the molecule is CC(C)CN1CCN(CC2CNNC2c2ccc(Cl)cc2)CC1CCO. The number of benzene rings is 1. The first-order chi connectivity index (χ1) is 12.6. The van der Waals surface area contributed by atoms with Gasteiger partial charge in [0.1, 0.15) is 0 Å². The molecular formula is C20H33ClN4O. The van der Waals surface area contributed by atoms with E-state index in [0.717, 1.165) is 50.7 Å².